The number of hydrogen-bond donors (Lipinski definition) is 0. The monoisotopic (exact) mass is 328 g/mol. The molecule has 23 heavy (non-hydrogen) atoms. The summed E-state index contributed by atoms with van der Waals surface area (Å²) in [6, 6.07) is 2.59. The number of nitrogens with zero attached hydrogens (tertiary/aromatic N) is 6. The van der Waals surface area contributed by atoms with Gasteiger partial charge in [0.25, 0.3) is 0 Å². The molecule has 0 bridgehead atoms. The van der Waals surface area contributed by atoms with Gasteiger partial charge in [0.2, 0.25) is 0 Å². The standard InChI is InChI=1S/C16H20N6S/c1-12-9-22(15-13-3-8-23-16(13)19-11-18-15)7-6-21(12)10-14-17-4-5-20(14)2/h3-5,8,11-12H,6-7,9-10H2,1-2H3. The molecule has 1 unspecified atom stereocenters. The SMILES string of the molecule is CC1CN(c2ncnc3sccc23)CCN1Cc1nccn1C. The maximum Gasteiger partial charge on any atom is 0.140 e. The van der Waals surface area contributed by atoms with E-state index in [1.54, 1.807) is 17.7 Å². The molecule has 0 amide bonds. The minimum atomic E-state index is 0.462. The fourth-order valence-corrected chi connectivity index (χ4v) is 3.91. The number of thiophene rings is 1. The Hall–Kier alpha value is -1.99. The molecule has 4 rings (SSSR count). The highest BCUT2D eigenvalue weighted by molar-refractivity contribution is 7.16. The molecule has 1 aliphatic heterocycles. The van der Waals surface area contributed by atoms with Gasteiger partial charge in [-0.25, -0.2) is 15.0 Å². The molecule has 120 valence electrons. The summed E-state index contributed by atoms with van der Waals surface area (Å²) in [7, 11) is 2.05. The summed E-state index contributed by atoms with van der Waals surface area (Å²) in [6.07, 6.45) is 5.55. The number of aryl methyl sites for hydroxylation is 1. The van der Waals surface area contributed by atoms with Crippen LogP contribution in [0.4, 0.5) is 5.82 Å². The quantitative estimate of drug-likeness (QED) is 0.737. The highest BCUT2D eigenvalue weighted by Crippen LogP contribution is 2.28. The van der Waals surface area contributed by atoms with Crippen molar-refractivity contribution < 1.29 is 0 Å². The van der Waals surface area contributed by atoms with E-state index in [1.165, 1.54) is 5.39 Å². The van der Waals surface area contributed by atoms with E-state index in [1.807, 2.05) is 12.4 Å². The van der Waals surface area contributed by atoms with Crippen molar-refractivity contribution in [2.75, 3.05) is 24.5 Å². The van der Waals surface area contributed by atoms with Crippen LogP contribution in [0.5, 0.6) is 0 Å². The predicted molar refractivity (Wildman–Crippen MR) is 92.7 cm³/mol. The number of rotatable bonds is 3. The van der Waals surface area contributed by atoms with Crippen molar-refractivity contribution in [3.63, 3.8) is 0 Å². The van der Waals surface area contributed by atoms with Crippen LogP contribution in [0.25, 0.3) is 10.2 Å². The summed E-state index contributed by atoms with van der Waals surface area (Å²) in [5, 5.41) is 3.26. The maximum absolute atomic E-state index is 4.54. The molecule has 3 aromatic rings. The van der Waals surface area contributed by atoms with Crippen molar-refractivity contribution >= 4 is 27.4 Å². The topological polar surface area (TPSA) is 50.1 Å². The number of hydrogen-bond acceptors (Lipinski definition) is 6. The Balaban J connectivity index is 1.51. The van der Waals surface area contributed by atoms with E-state index < -0.39 is 0 Å². The molecule has 0 N–H and O–H groups in total. The number of piperazine rings is 1. The molecule has 7 heteroatoms. The van der Waals surface area contributed by atoms with Crippen LogP contribution in [0, 0.1) is 0 Å². The molecule has 1 fully saturated rings. The molecule has 4 heterocycles. The van der Waals surface area contributed by atoms with Gasteiger partial charge in [-0.2, -0.15) is 0 Å². The van der Waals surface area contributed by atoms with E-state index >= 15 is 0 Å². The lowest BCUT2D eigenvalue weighted by molar-refractivity contribution is 0.175. The lowest BCUT2D eigenvalue weighted by Crippen LogP contribution is -2.52. The third-order valence-electron chi connectivity index (χ3n) is 4.57. The molecule has 0 spiro atoms. The molecule has 0 saturated carbocycles. The van der Waals surface area contributed by atoms with Crippen molar-refractivity contribution in [2.24, 2.45) is 7.05 Å². The summed E-state index contributed by atoms with van der Waals surface area (Å²) in [6.45, 7) is 6.16. The third kappa shape index (κ3) is 2.70. The second-order valence-corrected chi connectivity index (χ2v) is 6.95. The third-order valence-corrected chi connectivity index (χ3v) is 5.39. The normalized spacial score (nSPS) is 19.6. The largest absolute Gasteiger partial charge is 0.353 e. The minimum absolute atomic E-state index is 0.462. The zero-order chi connectivity index (χ0) is 15.8. The van der Waals surface area contributed by atoms with Crippen molar-refractivity contribution in [3.8, 4) is 0 Å². The van der Waals surface area contributed by atoms with Gasteiger partial charge in [0, 0.05) is 45.1 Å². The van der Waals surface area contributed by atoms with Crippen molar-refractivity contribution in [2.45, 2.75) is 19.5 Å². The van der Waals surface area contributed by atoms with Crippen LogP contribution in [-0.4, -0.2) is 50.1 Å². The second-order valence-electron chi connectivity index (χ2n) is 6.06. The van der Waals surface area contributed by atoms with Crippen molar-refractivity contribution in [1.82, 2.24) is 24.4 Å². The van der Waals surface area contributed by atoms with Crippen LogP contribution in [0.1, 0.15) is 12.7 Å². The fraction of sp³-hybridized carbons (Fsp3) is 0.438. The highest BCUT2D eigenvalue weighted by Gasteiger charge is 2.26. The van der Waals surface area contributed by atoms with E-state index in [2.05, 4.69) is 54.7 Å². The summed E-state index contributed by atoms with van der Waals surface area (Å²) >= 11 is 1.67. The molecule has 1 aliphatic rings. The molecule has 0 radical (unpaired) electrons. The van der Waals surface area contributed by atoms with E-state index in [-0.39, 0.29) is 0 Å². The average molecular weight is 328 g/mol. The first kappa shape index (κ1) is 14.6. The molecule has 0 aliphatic carbocycles. The smallest absolute Gasteiger partial charge is 0.140 e. The number of imidazole rings is 1. The zero-order valence-electron chi connectivity index (χ0n) is 13.4. The summed E-state index contributed by atoms with van der Waals surface area (Å²) < 4.78 is 2.10. The summed E-state index contributed by atoms with van der Waals surface area (Å²) in [5.41, 5.74) is 0. The first-order valence-corrected chi connectivity index (χ1v) is 8.74. The maximum atomic E-state index is 4.54. The van der Waals surface area contributed by atoms with Crippen LogP contribution in [0.2, 0.25) is 0 Å². The Kier molecular flexibility index (Phi) is 3.74. The van der Waals surface area contributed by atoms with Crippen LogP contribution in [0.3, 0.4) is 0 Å². The van der Waals surface area contributed by atoms with Crippen molar-refractivity contribution in [3.05, 3.63) is 36.0 Å². The Morgan fingerprint density at radius 3 is 2.96 bits per heavy atom. The second kappa shape index (κ2) is 5.90. The van der Waals surface area contributed by atoms with Gasteiger partial charge in [0.05, 0.1) is 11.9 Å². The lowest BCUT2D eigenvalue weighted by atomic mass is 10.2. The van der Waals surface area contributed by atoms with Gasteiger partial charge in [-0.1, -0.05) is 0 Å². The highest BCUT2D eigenvalue weighted by atomic mass is 32.1. The number of anilines is 1. The van der Waals surface area contributed by atoms with E-state index in [4.69, 9.17) is 0 Å². The Labute approximate surface area is 139 Å². The predicted octanol–water partition coefficient (Wildman–Crippen LogP) is 2.14. The zero-order valence-corrected chi connectivity index (χ0v) is 14.2. The van der Waals surface area contributed by atoms with Gasteiger partial charge in [0.15, 0.2) is 0 Å². The van der Waals surface area contributed by atoms with Crippen molar-refractivity contribution in [1.29, 1.82) is 0 Å². The van der Waals surface area contributed by atoms with E-state index in [0.29, 0.717) is 6.04 Å². The Morgan fingerprint density at radius 2 is 2.17 bits per heavy atom. The summed E-state index contributed by atoms with van der Waals surface area (Å²) in [5.74, 6) is 2.19. The van der Waals surface area contributed by atoms with Crippen LogP contribution in [-0.2, 0) is 13.6 Å². The molecule has 3 aromatic heterocycles. The minimum Gasteiger partial charge on any atom is -0.353 e. The first-order valence-electron chi connectivity index (χ1n) is 7.86. The molecule has 1 saturated heterocycles. The van der Waals surface area contributed by atoms with Crippen LogP contribution >= 0.6 is 11.3 Å². The molecule has 6 nitrogen and oxygen atoms in total. The lowest BCUT2D eigenvalue weighted by Gasteiger charge is -2.40. The molecule has 1 atom stereocenters. The van der Waals surface area contributed by atoms with E-state index in [9.17, 15) is 0 Å². The van der Waals surface area contributed by atoms with Gasteiger partial charge in [-0.05, 0) is 18.4 Å². The van der Waals surface area contributed by atoms with Crippen LogP contribution in [0.15, 0.2) is 30.2 Å². The number of aromatic nitrogens is 4. The fourth-order valence-electron chi connectivity index (χ4n) is 3.18. The molecular weight excluding hydrogens is 308 g/mol. The van der Waals surface area contributed by atoms with Gasteiger partial charge >= 0.3 is 0 Å². The Bertz CT molecular complexity index is 810. The average Bonchev–Trinajstić information content (AvgIpc) is 3.18. The van der Waals surface area contributed by atoms with E-state index in [0.717, 1.165) is 42.7 Å². The molecular formula is C16H20N6S. The number of fused-ring (bicyclic) bond motifs is 1. The first-order chi connectivity index (χ1) is 11.2. The van der Waals surface area contributed by atoms with Gasteiger partial charge < -0.3 is 9.47 Å². The molecule has 0 aromatic carbocycles. The van der Waals surface area contributed by atoms with Gasteiger partial charge in [-0.15, -0.1) is 11.3 Å². The van der Waals surface area contributed by atoms with Gasteiger partial charge in [-0.3, -0.25) is 4.90 Å². The Morgan fingerprint density at radius 1 is 1.26 bits per heavy atom. The van der Waals surface area contributed by atoms with Gasteiger partial charge in [0.1, 0.15) is 22.8 Å². The summed E-state index contributed by atoms with van der Waals surface area (Å²) in [4.78, 5) is 19.3. The van der Waals surface area contributed by atoms with Crippen LogP contribution < -0.4 is 4.90 Å².